The van der Waals surface area contributed by atoms with E-state index in [9.17, 15) is 0 Å². The summed E-state index contributed by atoms with van der Waals surface area (Å²) < 4.78 is 0. The molecule has 3 rings (SSSR count). The fraction of sp³-hybridized carbons (Fsp3) is 0.500. The van der Waals surface area contributed by atoms with Crippen LogP contribution in [-0.4, -0.2) is 6.54 Å². The molecule has 13 heavy (non-hydrogen) atoms. The van der Waals surface area contributed by atoms with E-state index in [1.54, 1.807) is 5.57 Å². The van der Waals surface area contributed by atoms with Crippen molar-refractivity contribution in [1.29, 1.82) is 0 Å². The predicted octanol–water partition coefficient (Wildman–Crippen LogP) is 2.53. The van der Waals surface area contributed by atoms with Crippen LogP contribution in [0.5, 0.6) is 0 Å². The second-order valence-corrected chi connectivity index (χ2v) is 4.14. The van der Waals surface area contributed by atoms with Gasteiger partial charge in [0.2, 0.25) is 0 Å². The lowest BCUT2D eigenvalue weighted by molar-refractivity contribution is 0.488. The summed E-state index contributed by atoms with van der Waals surface area (Å²) in [6.45, 7) is 1.17. The summed E-state index contributed by atoms with van der Waals surface area (Å²) in [5, 5.41) is 3.52. The van der Waals surface area contributed by atoms with Crippen molar-refractivity contribution >= 4 is 0 Å². The molecule has 0 amide bonds. The Morgan fingerprint density at radius 2 is 2.38 bits per heavy atom. The Bertz CT molecular complexity index is 320. The molecule has 0 aromatic carbocycles. The highest BCUT2D eigenvalue weighted by atomic mass is 14.9. The van der Waals surface area contributed by atoms with Gasteiger partial charge in [-0.15, -0.1) is 0 Å². The third-order valence-corrected chi connectivity index (χ3v) is 3.35. The second-order valence-electron chi connectivity index (χ2n) is 4.14. The van der Waals surface area contributed by atoms with Crippen LogP contribution >= 0.6 is 0 Å². The molecule has 1 aliphatic heterocycles. The van der Waals surface area contributed by atoms with Gasteiger partial charge in [0.05, 0.1) is 0 Å². The first-order valence-electron chi connectivity index (χ1n) is 5.30. The van der Waals surface area contributed by atoms with Gasteiger partial charge in [-0.05, 0) is 37.3 Å². The van der Waals surface area contributed by atoms with Gasteiger partial charge in [-0.2, -0.15) is 0 Å². The van der Waals surface area contributed by atoms with E-state index in [2.05, 4.69) is 23.5 Å². The van der Waals surface area contributed by atoms with Crippen LogP contribution in [0.2, 0.25) is 0 Å². The number of nitrogens with one attached hydrogen (secondary N) is 1. The maximum atomic E-state index is 3.52. The van der Waals surface area contributed by atoms with Crippen LogP contribution in [0.25, 0.3) is 0 Å². The van der Waals surface area contributed by atoms with Gasteiger partial charge >= 0.3 is 0 Å². The number of hydrogen-bond donors (Lipinski definition) is 1. The number of piperidine rings is 1. The van der Waals surface area contributed by atoms with Gasteiger partial charge in [-0.1, -0.05) is 17.7 Å². The summed E-state index contributed by atoms with van der Waals surface area (Å²) in [5.41, 5.74) is 4.69. The predicted molar refractivity (Wildman–Crippen MR) is 54.2 cm³/mol. The fourth-order valence-corrected chi connectivity index (χ4v) is 2.72. The average molecular weight is 173 g/mol. The Balaban J connectivity index is 1.97. The van der Waals surface area contributed by atoms with Crippen molar-refractivity contribution in [3.63, 3.8) is 0 Å². The highest BCUT2D eigenvalue weighted by Crippen LogP contribution is 2.40. The van der Waals surface area contributed by atoms with Gasteiger partial charge in [0.25, 0.3) is 0 Å². The summed E-state index contributed by atoms with van der Waals surface area (Å²) in [6, 6.07) is 0. The lowest BCUT2D eigenvalue weighted by Crippen LogP contribution is -2.26. The van der Waals surface area contributed by atoms with E-state index in [0.717, 1.165) is 5.92 Å². The highest BCUT2D eigenvalue weighted by molar-refractivity contribution is 5.49. The third kappa shape index (κ3) is 1.06. The van der Waals surface area contributed by atoms with E-state index in [1.165, 1.54) is 43.5 Å². The molecule has 0 bridgehead atoms. The zero-order valence-electron chi connectivity index (χ0n) is 7.84. The van der Waals surface area contributed by atoms with E-state index in [1.807, 2.05) is 0 Å². The second kappa shape index (κ2) is 2.76. The van der Waals surface area contributed by atoms with Crippen LogP contribution < -0.4 is 5.32 Å². The summed E-state index contributed by atoms with van der Waals surface area (Å²) in [5.74, 6) is 0.758. The van der Waals surface area contributed by atoms with Crippen LogP contribution in [-0.2, 0) is 0 Å². The molecule has 0 aromatic heterocycles. The molecule has 68 valence electrons. The van der Waals surface area contributed by atoms with Crippen molar-refractivity contribution in [3.05, 3.63) is 35.1 Å². The number of hydrogen-bond acceptors (Lipinski definition) is 1. The van der Waals surface area contributed by atoms with Crippen LogP contribution in [0, 0.1) is 5.92 Å². The highest BCUT2D eigenvalue weighted by Gasteiger charge is 2.29. The van der Waals surface area contributed by atoms with Crippen LogP contribution in [0.1, 0.15) is 25.7 Å². The summed E-state index contributed by atoms with van der Waals surface area (Å²) >= 11 is 0. The summed E-state index contributed by atoms with van der Waals surface area (Å²) in [6.07, 6.45) is 12.2. The van der Waals surface area contributed by atoms with Gasteiger partial charge in [-0.3, -0.25) is 0 Å². The molecule has 1 heteroatoms. The molecule has 1 fully saturated rings. The molecule has 0 aromatic rings. The smallest absolute Gasteiger partial charge is 0.0206 e. The monoisotopic (exact) mass is 173 g/mol. The van der Waals surface area contributed by atoms with Gasteiger partial charge in [0.1, 0.15) is 0 Å². The Labute approximate surface area is 79.2 Å². The maximum absolute atomic E-state index is 3.52. The zero-order chi connectivity index (χ0) is 8.67. The number of fused-ring (bicyclic) bond motifs is 2. The van der Waals surface area contributed by atoms with Crippen molar-refractivity contribution in [2.45, 2.75) is 25.7 Å². The summed E-state index contributed by atoms with van der Waals surface area (Å²) in [7, 11) is 0. The molecule has 1 atom stereocenters. The van der Waals surface area contributed by atoms with Crippen molar-refractivity contribution in [3.8, 4) is 0 Å². The molecule has 1 unspecified atom stereocenters. The molecule has 1 N–H and O–H groups in total. The third-order valence-electron chi connectivity index (χ3n) is 3.35. The molecule has 1 saturated heterocycles. The van der Waals surface area contributed by atoms with Crippen LogP contribution in [0.4, 0.5) is 0 Å². The normalized spacial score (nSPS) is 30.8. The van der Waals surface area contributed by atoms with E-state index in [4.69, 9.17) is 0 Å². The lowest BCUT2D eigenvalue weighted by Gasteiger charge is -2.26. The average Bonchev–Trinajstić information content (AvgIpc) is 2.56. The molecule has 3 aliphatic rings. The van der Waals surface area contributed by atoms with E-state index >= 15 is 0 Å². The molecule has 0 saturated carbocycles. The Morgan fingerprint density at radius 3 is 3.38 bits per heavy atom. The maximum Gasteiger partial charge on any atom is 0.0206 e. The molecule has 1 heterocycles. The van der Waals surface area contributed by atoms with Gasteiger partial charge in [0, 0.05) is 18.2 Å². The Morgan fingerprint density at radius 1 is 1.38 bits per heavy atom. The first-order valence-corrected chi connectivity index (χ1v) is 5.30. The zero-order valence-corrected chi connectivity index (χ0v) is 7.84. The van der Waals surface area contributed by atoms with E-state index < -0.39 is 0 Å². The van der Waals surface area contributed by atoms with E-state index in [-0.39, 0.29) is 0 Å². The number of allylic oxidation sites excluding steroid dienone is 5. The molecule has 2 aliphatic carbocycles. The molecule has 0 spiro atoms. The fourth-order valence-electron chi connectivity index (χ4n) is 2.72. The SMILES string of the molecule is C1=CC2=C(CC1)C1CCCNC1=C2. The lowest BCUT2D eigenvalue weighted by atomic mass is 9.87. The minimum absolute atomic E-state index is 0.758. The topological polar surface area (TPSA) is 12.0 Å². The molecule has 1 nitrogen and oxygen atoms in total. The number of rotatable bonds is 0. The minimum atomic E-state index is 0.758. The largest absolute Gasteiger partial charge is 0.388 e. The minimum Gasteiger partial charge on any atom is -0.388 e. The van der Waals surface area contributed by atoms with Crippen LogP contribution in [0.15, 0.2) is 35.1 Å². The summed E-state index contributed by atoms with van der Waals surface area (Å²) in [4.78, 5) is 0. The van der Waals surface area contributed by atoms with Crippen molar-refractivity contribution in [2.24, 2.45) is 5.92 Å². The molecular formula is C12H15N. The van der Waals surface area contributed by atoms with Crippen molar-refractivity contribution in [1.82, 2.24) is 5.32 Å². The quantitative estimate of drug-likeness (QED) is 0.593. The molecule has 0 radical (unpaired) electrons. The Kier molecular flexibility index (Phi) is 1.58. The molecular weight excluding hydrogens is 158 g/mol. The first-order chi connectivity index (χ1) is 6.45. The van der Waals surface area contributed by atoms with Gasteiger partial charge in [-0.25, -0.2) is 0 Å². The van der Waals surface area contributed by atoms with Crippen LogP contribution in [0.3, 0.4) is 0 Å². The van der Waals surface area contributed by atoms with Crippen molar-refractivity contribution < 1.29 is 0 Å². The Hall–Kier alpha value is -0.980. The van der Waals surface area contributed by atoms with Gasteiger partial charge < -0.3 is 5.32 Å². The first kappa shape index (κ1) is 7.43. The standard InChI is InChI=1S/C12H15N/c1-2-5-10-9(4-1)8-12-11(10)6-3-7-13-12/h1,4,8,11,13H,2-3,5-7H2. The van der Waals surface area contributed by atoms with E-state index in [0.29, 0.717) is 0 Å². The van der Waals surface area contributed by atoms with Crippen molar-refractivity contribution in [2.75, 3.05) is 6.54 Å². The van der Waals surface area contributed by atoms with Gasteiger partial charge in [0.15, 0.2) is 0 Å².